The highest BCUT2D eigenvalue weighted by Crippen LogP contribution is 2.23. The number of nitro benzene ring substituents is 1. The lowest BCUT2D eigenvalue weighted by Crippen LogP contribution is -2.16. The number of non-ortho nitro benzene ring substituents is 1. The van der Waals surface area contributed by atoms with Crippen molar-refractivity contribution in [3.05, 3.63) is 64.0 Å². The Morgan fingerprint density at radius 1 is 1.22 bits per heavy atom. The number of carbonyl (C=O) groups is 1. The molecule has 0 saturated carbocycles. The Kier molecular flexibility index (Phi) is 7.66. The summed E-state index contributed by atoms with van der Waals surface area (Å²) in [4.78, 5) is 22.9. The first kappa shape index (κ1) is 23.1. The van der Waals surface area contributed by atoms with Crippen molar-refractivity contribution < 1.29 is 14.5 Å². The van der Waals surface area contributed by atoms with Crippen LogP contribution < -0.4 is 15.4 Å². The Hall–Kier alpha value is -3.60. The SMILES string of the molecule is CCn1c(CNc2ccc(OC)cc2)nnc1SCC(=O)Nc1cc([N+](=O)[O-])ccc1C. The highest BCUT2D eigenvalue weighted by atomic mass is 32.2. The van der Waals surface area contributed by atoms with Crippen LogP contribution in [0.3, 0.4) is 0 Å². The zero-order valence-corrected chi connectivity index (χ0v) is 18.8. The van der Waals surface area contributed by atoms with Crippen LogP contribution in [0.5, 0.6) is 5.75 Å². The predicted octanol–water partition coefficient (Wildman–Crippen LogP) is 3.87. The monoisotopic (exact) mass is 456 g/mol. The second-order valence-corrected chi connectivity index (χ2v) is 7.76. The molecule has 0 fully saturated rings. The van der Waals surface area contributed by atoms with E-state index in [2.05, 4.69) is 20.8 Å². The smallest absolute Gasteiger partial charge is 0.271 e. The number of anilines is 2. The third-order valence-electron chi connectivity index (χ3n) is 4.69. The number of aromatic nitrogens is 3. The van der Waals surface area contributed by atoms with E-state index in [1.165, 1.54) is 23.9 Å². The number of amides is 1. The summed E-state index contributed by atoms with van der Waals surface area (Å²) in [5.41, 5.74) is 2.03. The normalized spacial score (nSPS) is 10.6. The Labute approximate surface area is 189 Å². The molecule has 0 aliphatic rings. The molecule has 1 amide bonds. The van der Waals surface area contributed by atoms with Crippen LogP contribution in [0.4, 0.5) is 17.1 Å². The molecule has 1 heterocycles. The van der Waals surface area contributed by atoms with Crippen molar-refractivity contribution in [2.45, 2.75) is 32.1 Å². The van der Waals surface area contributed by atoms with Gasteiger partial charge in [-0.25, -0.2) is 0 Å². The molecule has 0 bridgehead atoms. The molecule has 0 unspecified atom stereocenters. The minimum absolute atomic E-state index is 0.0710. The van der Waals surface area contributed by atoms with E-state index in [4.69, 9.17) is 4.74 Å². The predicted molar refractivity (Wildman–Crippen MR) is 123 cm³/mol. The molecule has 168 valence electrons. The topological polar surface area (TPSA) is 124 Å². The van der Waals surface area contributed by atoms with Crippen molar-refractivity contribution in [1.82, 2.24) is 14.8 Å². The van der Waals surface area contributed by atoms with Crippen LogP contribution >= 0.6 is 11.8 Å². The van der Waals surface area contributed by atoms with Gasteiger partial charge in [-0.2, -0.15) is 0 Å². The number of methoxy groups -OCH3 is 1. The van der Waals surface area contributed by atoms with E-state index in [0.717, 1.165) is 22.8 Å². The van der Waals surface area contributed by atoms with Gasteiger partial charge in [0.1, 0.15) is 5.75 Å². The van der Waals surface area contributed by atoms with Crippen molar-refractivity contribution in [3.63, 3.8) is 0 Å². The van der Waals surface area contributed by atoms with Gasteiger partial charge < -0.3 is 19.9 Å². The largest absolute Gasteiger partial charge is 0.497 e. The standard InChI is InChI=1S/C21H24N6O4S/c1-4-26-19(12-22-15-6-9-17(31-3)10-7-15)24-25-21(26)32-13-20(28)23-18-11-16(27(29)30)8-5-14(18)2/h5-11,22H,4,12-13H2,1-3H3,(H,23,28). The number of benzene rings is 2. The molecule has 3 aromatic rings. The fourth-order valence-electron chi connectivity index (χ4n) is 2.94. The molecule has 11 heteroatoms. The van der Waals surface area contributed by atoms with E-state index in [9.17, 15) is 14.9 Å². The number of nitrogens with zero attached hydrogens (tertiary/aromatic N) is 4. The third kappa shape index (κ3) is 5.76. The number of ether oxygens (including phenoxy) is 1. The molecule has 10 nitrogen and oxygen atoms in total. The number of hydrogen-bond donors (Lipinski definition) is 2. The molecular weight excluding hydrogens is 432 g/mol. The van der Waals surface area contributed by atoms with Gasteiger partial charge in [0, 0.05) is 24.4 Å². The average Bonchev–Trinajstić information content (AvgIpc) is 3.19. The van der Waals surface area contributed by atoms with E-state index in [0.29, 0.717) is 23.9 Å². The first-order valence-corrected chi connectivity index (χ1v) is 10.9. The number of hydrogen-bond acceptors (Lipinski definition) is 8. The average molecular weight is 457 g/mol. The fourth-order valence-corrected chi connectivity index (χ4v) is 3.76. The third-order valence-corrected chi connectivity index (χ3v) is 5.66. The maximum absolute atomic E-state index is 12.4. The summed E-state index contributed by atoms with van der Waals surface area (Å²) in [5.74, 6) is 1.36. The zero-order valence-electron chi connectivity index (χ0n) is 18.0. The van der Waals surface area contributed by atoms with E-state index in [1.54, 1.807) is 20.1 Å². The maximum Gasteiger partial charge on any atom is 0.271 e. The first-order valence-electron chi connectivity index (χ1n) is 9.89. The highest BCUT2D eigenvalue weighted by Gasteiger charge is 2.15. The Bertz CT molecular complexity index is 1100. The van der Waals surface area contributed by atoms with E-state index in [-0.39, 0.29) is 17.3 Å². The lowest BCUT2D eigenvalue weighted by Gasteiger charge is -2.10. The molecule has 0 radical (unpaired) electrons. The molecule has 0 aliphatic heterocycles. The van der Waals surface area contributed by atoms with Gasteiger partial charge in [-0.15, -0.1) is 10.2 Å². The summed E-state index contributed by atoms with van der Waals surface area (Å²) >= 11 is 1.26. The maximum atomic E-state index is 12.4. The number of rotatable bonds is 10. The zero-order chi connectivity index (χ0) is 23.1. The summed E-state index contributed by atoms with van der Waals surface area (Å²) in [6.07, 6.45) is 0. The van der Waals surface area contributed by atoms with Crippen molar-refractivity contribution in [2.75, 3.05) is 23.5 Å². The summed E-state index contributed by atoms with van der Waals surface area (Å²) in [7, 11) is 1.62. The van der Waals surface area contributed by atoms with Gasteiger partial charge >= 0.3 is 0 Å². The molecule has 32 heavy (non-hydrogen) atoms. The summed E-state index contributed by atoms with van der Waals surface area (Å²) in [5, 5.41) is 26.1. The minimum Gasteiger partial charge on any atom is -0.497 e. The Morgan fingerprint density at radius 3 is 2.62 bits per heavy atom. The molecule has 2 aromatic carbocycles. The number of thioether (sulfide) groups is 1. The van der Waals surface area contributed by atoms with Crippen molar-refractivity contribution in [2.24, 2.45) is 0 Å². The number of nitrogens with one attached hydrogen (secondary N) is 2. The number of nitro groups is 1. The molecule has 0 atom stereocenters. The Morgan fingerprint density at radius 2 is 1.97 bits per heavy atom. The summed E-state index contributed by atoms with van der Waals surface area (Å²) in [6, 6.07) is 11.9. The van der Waals surface area contributed by atoms with Gasteiger partial charge in [0.05, 0.1) is 30.0 Å². The van der Waals surface area contributed by atoms with Crippen LogP contribution in [0.15, 0.2) is 47.6 Å². The van der Waals surface area contributed by atoms with E-state index < -0.39 is 4.92 Å². The summed E-state index contributed by atoms with van der Waals surface area (Å²) in [6.45, 7) is 4.90. The van der Waals surface area contributed by atoms with Gasteiger partial charge in [0.2, 0.25) is 5.91 Å². The van der Waals surface area contributed by atoms with Crippen molar-refractivity contribution in [1.29, 1.82) is 0 Å². The second kappa shape index (κ2) is 10.6. The molecule has 2 N–H and O–H groups in total. The first-order chi connectivity index (χ1) is 15.4. The number of aryl methyl sites for hydroxylation is 1. The second-order valence-electron chi connectivity index (χ2n) is 6.82. The minimum atomic E-state index is -0.491. The molecular formula is C21H24N6O4S. The van der Waals surface area contributed by atoms with Crippen LogP contribution in [0, 0.1) is 17.0 Å². The summed E-state index contributed by atoms with van der Waals surface area (Å²) < 4.78 is 7.10. The van der Waals surface area contributed by atoms with Gasteiger partial charge in [-0.1, -0.05) is 17.8 Å². The van der Waals surface area contributed by atoms with Gasteiger partial charge in [0.15, 0.2) is 11.0 Å². The Balaban J connectivity index is 1.59. The van der Waals surface area contributed by atoms with Gasteiger partial charge in [-0.05, 0) is 43.7 Å². The molecule has 0 aliphatic carbocycles. The van der Waals surface area contributed by atoms with Crippen LogP contribution in [0.2, 0.25) is 0 Å². The molecule has 1 aromatic heterocycles. The number of carbonyl (C=O) groups excluding carboxylic acids is 1. The quantitative estimate of drug-likeness (QED) is 0.268. The van der Waals surface area contributed by atoms with Crippen molar-refractivity contribution in [3.8, 4) is 5.75 Å². The van der Waals surface area contributed by atoms with E-state index >= 15 is 0 Å². The molecule has 0 saturated heterocycles. The van der Waals surface area contributed by atoms with E-state index in [1.807, 2.05) is 35.8 Å². The van der Waals surface area contributed by atoms with Crippen LogP contribution in [-0.4, -0.2) is 38.5 Å². The lowest BCUT2D eigenvalue weighted by molar-refractivity contribution is -0.384. The van der Waals surface area contributed by atoms with Crippen molar-refractivity contribution >= 4 is 34.7 Å². The molecule has 0 spiro atoms. The molecule has 3 rings (SSSR count). The van der Waals surface area contributed by atoms with Gasteiger partial charge in [-0.3, -0.25) is 14.9 Å². The van der Waals surface area contributed by atoms with Gasteiger partial charge in [0.25, 0.3) is 5.69 Å². The highest BCUT2D eigenvalue weighted by molar-refractivity contribution is 7.99. The lowest BCUT2D eigenvalue weighted by atomic mass is 10.2. The fraction of sp³-hybridized carbons (Fsp3) is 0.286. The van der Waals surface area contributed by atoms with Crippen LogP contribution in [-0.2, 0) is 17.9 Å². The van der Waals surface area contributed by atoms with Crippen LogP contribution in [0.1, 0.15) is 18.3 Å². The van der Waals surface area contributed by atoms with Crippen LogP contribution in [0.25, 0.3) is 0 Å².